The molecule has 2 aliphatic heterocycles. The SMILES string of the molecule is CCc1ccc(C2/C(=C(\O)c3ccc(OC(C)C)c(C)c3)C(=O)C(=O)N2c2ccc3c(c2)OCCO3)cc1. The smallest absolute Gasteiger partial charge is 0.300 e. The molecular formula is C31H31NO6. The number of ether oxygens (including phenoxy) is 3. The normalized spacial score (nSPS) is 18.2. The maximum Gasteiger partial charge on any atom is 0.300 e. The Balaban J connectivity index is 1.65. The van der Waals surface area contributed by atoms with Gasteiger partial charge in [0.2, 0.25) is 0 Å². The molecule has 0 bridgehead atoms. The minimum Gasteiger partial charge on any atom is -0.507 e. The van der Waals surface area contributed by atoms with Gasteiger partial charge < -0.3 is 19.3 Å². The molecule has 0 spiro atoms. The largest absolute Gasteiger partial charge is 0.507 e. The molecule has 3 aromatic carbocycles. The summed E-state index contributed by atoms with van der Waals surface area (Å²) in [5.74, 6) is 0.0882. The molecule has 196 valence electrons. The lowest BCUT2D eigenvalue weighted by molar-refractivity contribution is -0.132. The summed E-state index contributed by atoms with van der Waals surface area (Å²) in [5, 5.41) is 11.5. The van der Waals surface area contributed by atoms with Crippen LogP contribution in [0.2, 0.25) is 0 Å². The summed E-state index contributed by atoms with van der Waals surface area (Å²) in [5.41, 5.74) is 3.61. The van der Waals surface area contributed by atoms with E-state index >= 15 is 0 Å². The van der Waals surface area contributed by atoms with Crippen molar-refractivity contribution in [2.75, 3.05) is 18.1 Å². The Morgan fingerprint density at radius 2 is 1.71 bits per heavy atom. The predicted octanol–water partition coefficient (Wildman–Crippen LogP) is 5.74. The van der Waals surface area contributed by atoms with Crippen LogP contribution in [0.25, 0.3) is 5.76 Å². The molecule has 0 aromatic heterocycles. The summed E-state index contributed by atoms with van der Waals surface area (Å²) in [6.07, 6.45) is 0.850. The molecule has 1 unspecified atom stereocenters. The average Bonchev–Trinajstić information content (AvgIpc) is 3.19. The monoisotopic (exact) mass is 513 g/mol. The number of benzene rings is 3. The van der Waals surface area contributed by atoms with Crippen molar-refractivity contribution in [3.05, 3.63) is 88.5 Å². The third-order valence-electron chi connectivity index (χ3n) is 6.76. The van der Waals surface area contributed by atoms with Gasteiger partial charge in [0.05, 0.1) is 17.7 Å². The van der Waals surface area contributed by atoms with E-state index in [0.29, 0.717) is 47.3 Å². The molecule has 7 heteroatoms. The number of carbonyl (C=O) groups is 2. The second kappa shape index (κ2) is 10.2. The van der Waals surface area contributed by atoms with Gasteiger partial charge in [-0.3, -0.25) is 14.5 Å². The standard InChI is InChI=1S/C31H31NO6/c1-5-20-6-8-21(9-7-20)28-27(29(33)22-10-12-24(19(4)16-22)38-18(2)3)30(34)31(35)32(28)23-11-13-25-26(17-23)37-15-14-36-25/h6-13,16-18,28,33H,5,14-15H2,1-4H3/b29-27+. The van der Waals surface area contributed by atoms with Crippen molar-refractivity contribution in [2.24, 2.45) is 0 Å². The number of rotatable bonds is 6. The van der Waals surface area contributed by atoms with E-state index in [2.05, 4.69) is 6.92 Å². The van der Waals surface area contributed by atoms with Crippen LogP contribution in [0.4, 0.5) is 5.69 Å². The summed E-state index contributed by atoms with van der Waals surface area (Å²) in [7, 11) is 0. The molecule has 3 aromatic rings. The second-order valence-electron chi connectivity index (χ2n) is 9.74. The Bertz CT molecular complexity index is 1420. The second-order valence-corrected chi connectivity index (χ2v) is 9.74. The number of Topliss-reactive ketones (excluding diaryl/α,β-unsaturated/α-hetero) is 1. The number of carbonyl (C=O) groups excluding carboxylic acids is 2. The zero-order valence-corrected chi connectivity index (χ0v) is 22.0. The zero-order valence-electron chi connectivity index (χ0n) is 22.0. The van der Waals surface area contributed by atoms with Gasteiger partial charge in [-0.2, -0.15) is 0 Å². The first-order valence-corrected chi connectivity index (χ1v) is 12.9. The number of aliphatic hydroxyl groups is 1. The molecule has 5 rings (SSSR count). The van der Waals surface area contributed by atoms with Crippen LogP contribution in [-0.2, 0) is 16.0 Å². The van der Waals surface area contributed by atoms with Crippen molar-refractivity contribution < 1.29 is 28.9 Å². The fourth-order valence-electron chi connectivity index (χ4n) is 4.87. The van der Waals surface area contributed by atoms with Crippen LogP contribution in [0.5, 0.6) is 17.2 Å². The van der Waals surface area contributed by atoms with Crippen molar-refractivity contribution in [3.8, 4) is 17.2 Å². The number of amides is 1. The molecule has 1 atom stereocenters. The molecule has 1 N–H and O–H groups in total. The van der Waals surface area contributed by atoms with Crippen molar-refractivity contribution in [2.45, 2.75) is 46.3 Å². The Hall–Kier alpha value is -4.26. The van der Waals surface area contributed by atoms with Gasteiger partial charge in [0.1, 0.15) is 24.7 Å². The minimum atomic E-state index is -0.824. The Labute approximate surface area is 222 Å². The molecule has 1 fully saturated rings. The fraction of sp³-hybridized carbons (Fsp3) is 0.290. The van der Waals surface area contributed by atoms with Gasteiger partial charge in [-0.05, 0) is 74.2 Å². The van der Waals surface area contributed by atoms with E-state index in [9.17, 15) is 14.7 Å². The number of nitrogens with zero attached hydrogens (tertiary/aromatic N) is 1. The van der Waals surface area contributed by atoms with Crippen molar-refractivity contribution in [1.29, 1.82) is 0 Å². The summed E-state index contributed by atoms with van der Waals surface area (Å²) in [4.78, 5) is 28.4. The fourth-order valence-corrected chi connectivity index (χ4v) is 4.87. The van der Waals surface area contributed by atoms with E-state index in [0.717, 1.165) is 17.5 Å². The van der Waals surface area contributed by atoms with Crippen LogP contribution in [0.15, 0.2) is 66.2 Å². The van der Waals surface area contributed by atoms with Crippen LogP contribution in [0, 0.1) is 6.92 Å². The summed E-state index contributed by atoms with van der Waals surface area (Å²) >= 11 is 0. The number of hydrogen-bond acceptors (Lipinski definition) is 6. The van der Waals surface area contributed by atoms with Crippen LogP contribution >= 0.6 is 0 Å². The predicted molar refractivity (Wildman–Crippen MR) is 145 cm³/mol. The van der Waals surface area contributed by atoms with Crippen LogP contribution < -0.4 is 19.1 Å². The molecule has 0 radical (unpaired) electrons. The first-order valence-electron chi connectivity index (χ1n) is 12.9. The zero-order chi connectivity index (χ0) is 27.0. The number of aliphatic hydroxyl groups excluding tert-OH is 1. The minimum absolute atomic E-state index is 0.00411. The molecule has 7 nitrogen and oxygen atoms in total. The molecule has 38 heavy (non-hydrogen) atoms. The maximum absolute atomic E-state index is 13.5. The lowest BCUT2D eigenvalue weighted by Gasteiger charge is -2.27. The quantitative estimate of drug-likeness (QED) is 0.257. The van der Waals surface area contributed by atoms with Crippen molar-refractivity contribution >= 4 is 23.1 Å². The van der Waals surface area contributed by atoms with Crippen LogP contribution in [0.1, 0.15) is 49.1 Å². The van der Waals surface area contributed by atoms with Gasteiger partial charge in [0, 0.05) is 17.3 Å². The van der Waals surface area contributed by atoms with E-state index in [1.54, 1.807) is 36.4 Å². The maximum atomic E-state index is 13.5. The molecule has 1 amide bonds. The third-order valence-corrected chi connectivity index (χ3v) is 6.76. The molecule has 2 aliphatic rings. The number of ketones is 1. The van der Waals surface area contributed by atoms with Gasteiger partial charge in [-0.1, -0.05) is 31.2 Å². The Morgan fingerprint density at radius 3 is 2.37 bits per heavy atom. The summed E-state index contributed by atoms with van der Waals surface area (Å²) in [6.45, 7) is 8.66. The molecular weight excluding hydrogens is 482 g/mol. The number of aryl methyl sites for hydroxylation is 2. The average molecular weight is 514 g/mol. The summed E-state index contributed by atoms with van der Waals surface area (Å²) in [6, 6.07) is 17.3. The Kier molecular flexibility index (Phi) is 6.85. The summed E-state index contributed by atoms with van der Waals surface area (Å²) < 4.78 is 17.2. The number of anilines is 1. The number of fused-ring (bicyclic) bond motifs is 1. The van der Waals surface area contributed by atoms with Crippen molar-refractivity contribution in [3.63, 3.8) is 0 Å². The van der Waals surface area contributed by atoms with Crippen LogP contribution in [-0.4, -0.2) is 36.1 Å². The van der Waals surface area contributed by atoms with Gasteiger partial charge in [-0.25, -0.2) is 0 Å². The highest BCUT2D eigenvalue weighted by molar-refractivity contribution is 6.51. The van der Waals surface area contributed by atoms with Crippen molar-refractivity contribution in [1.82, 2.24) is 0 Å². The highest BCUT2D eigenvalue weighted by atomic mass is 16.6. The van der Waals surface area contributed by atoms with Gasteiger partial charge in [-0.15, -0.1) is 0 Å². The molecule has 0 aliphatic carbocycles. The molecule has 0 saturated carbocycles. The molecule has 2 heterocycles. The van der Waals surface area contributed by atoms with Gasteiger partial charge in [0.25, 0.3) is 11.7 Å². The van der Waals surface area contributed by atoms with E-state index in [1.165, 1.54) is 4.90 Å². The lowest BCUT2D eigenvalue weighted by Crippen LogP contribution is -2.29. The third kappa shape index (κ3) is 4.60. The highest BCUT2D eigenvalue weighted by Crippen LogP contribution is 2.44. The van der Waals surface area contributed by atoms with E-state index in [4.69, 9.17) is 14.2 Å². The first-order chi connectivity index (χ1) is 18.3. The van der Waals surface area contributed by atoms with Gasteiger partial charge >= 0.3 is 0 Å². The first kappa shape index (κ1) is 25.4. The lowest BCUT2D eigenvalue weighted by atomic mass is 9.93. The van der Waals surface area contributed by atoms with Crippen LogP contribution in [0.3, 0.4) is 0 Å². The van der Waals surface area contributed by atoms with E-state index < -0.39 is 17.7 Å². The Morgan fingerprint density at radius 1 is 1.00 bits per heavy atom. The topological polar surface area (TPSA) is 85.3 Å². The molecule has 1 saturated heterocycles. The van der Waals surface area contributed by atoms with E-state index in [-0.39, 0.29) is 17.4 Å². The number of hydrogen-bond donors (Lipinski definition) is 1. The van der Waals surface area contributed by atoms with E-state index in [1.807, 2.05) is 45.0 Å². The highest BCUT2D eigenvalue weighted by Gasteiger charge is 2.47. The van der Waals surface area contributed by atoms with Gasteiger partial charge in [0.15, 0.2) is 11.5 Å².